The summed E-state index contributed by atoms with van der Waals surface area (Å²) in [6, 6.07) is 3.36. The van der Waals surface area contributed by atoms with Gasteiger partial charge in [0.1, 0.15) is 18.8 Å². The normalized spacial score (nSPS) is 22.0. The zero-order valence-electron chi connectivity index (χ0n) is 26.7. The van der Waals surface area contributed by atoms with Gasteiger partial charge in [0.15, 0.2) is 11.5 Å². The summed E-state index contributed by atoms with van der Waals surface area (Å²) in [5, 5.41) is 33.7. The van der Waals surface area contributed by atoms with Crippen molar-refractivity contribution in [3.63, 3.8) is 0 Å². The van der Waals surface area contributed by atoms with Crippen LogP contribution in [-0.2, 0) is 25.5 Å². The first-order valence-electron chi connectivity index (χ1n) is 16.0. The summed E-state index contributed by atoms with van der Waals surface area (Å²) in [6.45, 7) is 7.54. The van der Waals surface area contributed by atoms with Crippen molar-refractivity contribution in [3.8, 4) is 11.5 Å². The Hall–Kier alpha value is -3.24. The van der Waals surface area contributed by atoms with Gasteiger partial charge in [0.25, 0.3) is 0 Å². The molecular weight excluding hydrogens is 564 g/mol. The molecule has 6 N–H and O–H groups in total. The summed E-state index contributed by atoms with van der Waals surface area (Å²) in [4.78, 5) is 24.6. The molecule has 0 spiro atoms. The van der Waals surface area contributed by atoms with Gasteiger partial charge in [-0.2, -0.15) is 0 Å². The summed E-state index contributed by atoms with van der Waals surface area (Å²) < 4.78 is 17.3. The van der Waals surface area contributed by atoms with E-state index in [0.29, 0.717) is 49.9 Å². The van der Waals surface area contributed by atoms with Crippen LogP contribution in [0.15, 0.2) is 30.1 Å². The number of nitrogens with two attached hydrogens (primary N) is 1. The van der Waals surface area contributed by atoms with E-state index in [-0.39, 0.29) is 30.6 Å². The minimum absolute atomic E-state index is 0.0248. The minimum atomic E-state index is -0.561. The molecule has 10 heteroatoms. The van der Waals surface area contributed by atoms with Crippen LogP contribution in [-0.4, -0.2) is 65.3 Å². The molecule has 1 saturated carbocycles. The second-order valence-corrected chi connectivity index (χ2v) is 12.7. The van der Waals surface area contributed by atoms with Gasteiger partial charge in [0, 0.05) is 26.8 Å². The highest BCUT2D eigenvalue weighted by Crippen LogP contribution is 2.37. The standard InChI is InChI=1S/C34H52N2O8/c1-21(2)14-24-6-5-7-28(40)16-27(15-24)32(44-23(4)39)19-29(43-22(3)38)9-8-25-17-33(42-13-12-37)31(41)20-30(25)26-10-11-36-34(35)18-26/h10,17-18,20-21,24,27-29,32,36-37,40-41H,5-9,11-16,19,35H2,1-4H3/t24-,27-,28-,29-,32-/m1/s1. The number of rotatable bonds is 14. The monoisotopic (exact) mass is 616 g/mol. The molecule has 3 rings (SSSR count). The maximum Gasteiger partial charge on any atom is 0.302 e. The van der Waals surface area contributed by atoms with Crippen LogP contribution in [0, 0.1) is 17.8 Å². The Morgan fingerprint density at radius 1 is 1.11 bits per heavy atom. The maximum absolute atomic E-state index is 12.3. The molecule has 44 heavy (non-hydrogen) atoms. The van der Waals surface area contributed by atoms with Crippen LogP contribution < -0.4 is 15.8 Å². The van der Waals surface area contributed by atoms with Gasteiger partial charge in [0.05, 0.1) is 18.5 Å². The molecule has 1 aromatic rings. The van der Waals surface area contributed by atoms with E-state index in [1.165, 1.54) is 13.8 Å². The number of benzene rings is 1. The number of aromatic hydroxyl groups is 1. The molecule has 0 unspecified atom stereocenters. The van der Waals surface area contributed by atoms with Gasteiger partial charge in [0.2, 0.25) is 0 Å². The van der Waals surface area contributed by atoms with E-state index in [2.05, 4.69) is 19.2 Å². The van der Waals surface area contributed by atoms with Crippen molar-refractivity contribution in [2.24, 2.45) is 23.5 Å². The molecule has 0 aromatic heterocycles. The van der Waals surface area contributed by atoms with Crippen LogP contribution in [0.3, 0.4) is 0 Å². The first-order chi connectivity index (χ1) is 20.9. The van der Waals surface area contributed by atoms with Crippen LogP contribution in [0.25, 0.3) is 5.57 Å². The number of carbonyl (C=O) groups is 2. The van der Waals surface area contributed by atoms with Crippen molar-refractivity contribution in [1.82, 2.24) is 5.32 Å². The number of dihydropyridines is 1. The fourth-order valence-corrected chi connectivity index (χ4v) is 6.62. The Morgan fingerprint density at radius 3 is 2.52 bits per heavy atom. The van der Waals surface area contributed by atoms with Crippen molar-refractivity contribution in [2.75, 3.05) is 19.8 Å². The predicted molar refractivity (Wildman–Crippen MR) is 169 cm³/mol. The molecule has 2 aliphatic rings. The van der Waals surface area contributed by atoms with E-state index in [1.54, 1.807) is 18.2 Å². The number of aliphatic hydroxyl groups excluding tert-OH is 2. The average molecular weight is 617 g/mol. The van der Waals surface area contributed by atoms with Crippen molar-refractivity contribution >= 4 is 17.5 Å². The highest BCUT2D eigenvalue weighted by molar-refractivity contribution is 5.79. The molecule has 0 bridgehead atoms. The Morgan fingerprint density at radius 2 is 1.86 bits per heavy atom. The number of hydrogen-bond donors (Lipinski definition) is 5. The molecule has 5 atom stereocenters. The fraction of sp³-hybridized carbons (Fsp3) is 0.647. The zero-order chi connectivity index (χ0) is 32.2. The third-order valence-corrected chi connectivity index (χ3v) is 8.36. The highest BCUT2D eigenvalue weighted by Gasteiger charge is 2.34. The Labute approximate surface area is 261 Å². The van der Waals surface area contributed by atoms with Crippen LogP contribution >= 0.6 is 0 Å². The number of aliphatic hydroxyl groups is 2. The Bertz CT molecular complexity index is 1160. The molecule has 1 aromatic carbocycles. The molecule has 0 saturated heterocycles. The van der Waals surface area contributed by atoms with E-state index >= 15 is 0 Å². The second-order valence-electron chi connectivity index (χ2n) is 12.7. The summed E-state index contributed by atoms with van der Waals surface area (Å²) in [6.07, 6.45) is 8.57. The van der Waals surface area contributed by atoms with E-state index in [4.69, 9.17) is 19.9 Å². The summed E-state index contributed by atoms with van der Waals surface area (Å²) in [7, 11) is 0. The lowest BCUT2D eigenvalue weighted by Gasteiger charge is -2.35. The molecule has 10 nitrogen and oxygen atoms in total. The van der Waals surface area contributed by atoms with Gasteiger partial charge < -0.3 is 40.6 Å². The number of esters is 2. The number of phenolic OH excluding ortho intramolecular Hbond substituents is 1. The molecule has 1 aliphatic carbocycles. The largest absolute Gasteiger partial charge is 0.504 e. The SMILES string of the molecule is CC(=O)O[C@H](CCc1cc(OCCO)c(O)cc1C1=CCNC(N)=C1)C[C@@H](OC(C)=O)[C@H]1C[C@H](O)CCC[C@H](CC(C)C)C1. The molecule has 0 amide bonds. The molecular formula is C34H52N2O8. The average Bonchev–Trinajstić information content (AvgIpc) is 2.92. The Kier molecular flexibility index (Phi) is 13.9. The number of allylic oxidation sites excluding steroid dienone is 2. The quantitative estimate of drug-likeness (QED) is 0.190. The molecule has 1 aliphatic heterocycles. The number of carbonyl (C=O) groups excluding carboxylic acids is 2. The lowest BCUT2D eigenvalue weighted by atomic mass is 9.76. The predicted octanol–water partition coefficient (Wildman–Crippen LogP) is 4.34. The van der Waals surface area contributed by atoms with Crippen molar-refractivity contribution in [2.45, 2.75) is 104 Å². The number of hydrogen-bond acceptors (Lipinski definition) is 10. The minimum Gasteiger partial charge on any atom is -0.504 e. The number of aryl methyl sites for hydroxylation is 1. The van der Waals surface area contributed by atoms with Gasteiger partial charge in [-0.3, -0.25) is 9.59 Å². The van der Waals surface area contributed by atoms with Crippen LogP contribution in [0.1, 0.15) is 90.2 Å². The van der Waals surface area contributed by atoms with Crippen LogP contribution in [0.5, 0.6) is 11.5 Å². The summed E-state index contributed by atoms with van der Waals surface area (Å²) in [5.41, 5.74) is 8.47. The topological polar surface area (TPSA) is 161 Å². The van der Waals surface area contributed by atoms with E-state index in [0.717, 1.165) is 48.8 Å². The number of phenols is 1. The van der Waals surface area contributed by atoms with E-state index in [1.807, 2.05) is 6.08 Å². The maximum atomic E-state index is 12.3. The van der Waals surface area contributed by atoms with Gasteiger partial charge >= 0.3 is 11.9 Å². The van der Waals surface area contributed by atoms with E-state index in [9.17, 15) is 24.9 Å². The zero-order valence-corrected chi connectivity index (χ0v) is 26.7. The highest BCUT2D eigenvalue weighted by atomic mass is 16.6. The van der Waals surface area contributed by atoms with Gasteiger partial charge in [-0.15, -0.1) is 0 Å². The summed E-state index contributed by atoms with van der Waals surface area (Å²) >= 11 is 0. The van der Waals surface area contributed by atoms with Crippen molar-refractivity contribution < 1.29 is 39.1 Å². The third-order valence-electron chi connectivity index (χ3n) is 8.36. The smallest absolute Gasteiger partial charge is 0.302 e. The van der Waals surface area contributed by atoms with Crippen LogP contribution in [0.2, 0.25) is 0 Å². The lowest BCUT2D eigenvalue weighted by Crippen LogP contribution is -2.36. The third kappa shape index (κ3) is 11.4. The van der Waals surface area contributed by atoms with Crippen LogP contribution in [0.4, 0.5) is 0 Å². The second kappa shape index (κ2) is 17.3. The summed E-state index contributed by atoms with van der Waals surface area (Å²) in [5.74, 6) is 0.799. The Balaban J connectivity index is 1.89. The molecule has 246 valence electrons. The van der Waals surface area contributed by atoms with Crippen molar-refractivity contribution in [1.29, 1.82) is 0 Å². The fourth-order valence-electron chi connectivity index (χ4n) is 6.62. The molecule has 1 heterocycles. The number of ether oxygens (including phenoxy) is 3. The first-order valence-corrected chi connectivity index (χ1v) is 16.0. The lowest BCUT2D eigenvalue weighted by molar-refractivity contribution is -0.157. The van der Waals surface area contributed by atoms with Gasteiger partial charge in [-0.1, -0.05) is 32.8 Å². The first kappa shape index (κ1) is 35.2. The number of nitrogens with one attached hydrogen (secondary N) is 1. The van der Waals surface area contributed by atoms with Gasteiger partial charge in [-0.05, 0) is 91.2 Å². The van der Waals surface area contributed by atoms with Crippen molar-refractivity contribution in [3.05, 3.63) is 41.2 Å². The molecule has 0 radical (unpaired) electrons. The van der Waals surface area contributed by atoms with E-state index < -0.39 is 30.3 Å². The molecule has 1 fully saturated rings. The van der Waals surface area contributed by atoms with Gasteiger partial charge in [-0.25, -0.2) is 0 Å².